The first-order chi connectivity index (χ1) is 10.0. The van der Waals surface area contributed by atoms with Crippen molar-refractivity contribution in [2.24, 2.45) is 5.73 Å². The second-order valence-corrected chi connectivity index (χ2v) is 5.67. The Labute approximate surface area is 130 Å². The Morgan fingerprint density at radius 1 is 1.48 bits per heavy atom. The maximum absolute atomic E-state index is 11.0. The Morgan fingerprint density at radius 2 is 2.24 bits per heavy atom. The van der Waals surface area contributed by atoms with Crippen LogP contribution in [0.15, 0.2) is 23.4 Å². The SMILES string of the molecule is Cc1nnc(SCc2ccc(Cl)cc2[N+](=O)[O-])n1CCN. The molecule has 0 unspecified atom stereocenters. The van der Waals surface area contributed by atoms with Crippen LogP contribution in [-0.4, -0.2) is 26.2 Å². The molecule has 2 rings (SSSR count). The van der Waals surface area contributed by atoms with Gasteiger partial charge < -0.3 is 10.3 Å². The minimum absolute atomic E-state index is 0.0108. The molecule has 1 aromatic heterocycles. The van der Waals surface area contributed by atoms with Gasteiger partial charge in [-0.15, -0.1) is 10.2 Å². The number of nitrogens with two attached hydrogens (primary N) is 1. The molecule has 0 bridgehead atoms. The van der Waals surface area contributed by atoms with Crippen LogP contribution in [0.4, 0.5) is 5.69 Å². The zero-order chi connectivity index (χ0) is 15.4. The summed E-state index contributed by atoms with van der Waals surface area (Å²) in [5.41, 5.74) is 6.16. The second kappa shape index (κ2) is 6.88. The molecule has 0 atom stereocenters. The summed E-state index contributed by atoms with van der Waals surface area (Å²) in [4.78, 5) is 10.6. The van der Waals surface area contributed by atoms with E-state index >= 15 is 0 Å². The first-order valence-corrected chi connectivity index (χ1v) is 7.54. The minimum atomic E-state index is -0.433. The lowest BCUT2D eigenvalue weighted by atomic mass is 10.2. The van der Waals surface area contributed by atoms with E-state index in [2.05, 4.69) is 10.2 Å². The molecule has 1 aromatic carbocycles. The number of nitro groups is 1. The number of nitro benzene ring substituents is 1. The van der Waals surface area contributed by atoms with E-state index in [1.54, 1.807) is 12.1 Å². The molecule has 112 valence electrons. The molecular formula is C12H14ClN5O2S. The van der Waals surface area contributed by atoms with Gasteiger partial charge in [-0.2, -0.15) is 0 Å². The highest BCUT2D eigenvalue weighted by atomic mass is 35.5. The lowest BCUT2D eigenvalue weighted by molar-refractivity contribution is -0.385. The predicted octanol–water partition coefficient (Wildman–Crippen LogP) is 2.40. The summed E-state index contributed by atoms with van der Waals surface area (Å²) in [5.74, 6) is 1.18. The molecule has 0 amide bonds. The van der Waals surface area contributed by atoms with Crippen LogP contribution in [0, 0.1) is 17.0 Å². The number of rotatable bonds is 6. The molecular weight excluding hydrogens is 314 g/mol. The van der Waals surface area contributed by atoms with Crippen LogP contribution in [0.3, 0.4) is 0 Å². The van der Waals surface area contributed by atoms with E-state index in [4.69, 9.17) is 17.3 Å². The van der Waals surface area contributed by atoms with Crippen molar-refractivity contribution in [3.8, 4) is 0 Å². The minimum Gasteiger partial charge on any atom is -0.329 e. The highest BCUT2D eigenvalue weighted by Crippen LogP contribution is 2.29. The van der Waals surface area contributed by atoms with E-state index in [0.29, 0.717) is 34.6 Å². The number of nitrogens with zero attached hydrogens (tertiary/aromatic N) is 4. The first-order valence-electron chi connectivity index (χ1n) is 6.18. The molecule has 0 aliphatic carbocycles. The van der Waals surface area contributed by atoms with Crippen LogP contribution >= 0.6 is 23.4 Å². The number of thioether (sulfide) groups is 1. The van der Waals surface area contributed by atoms with Gasteiger partial charge in [-0.25, -0.2) is 0 Å². The Hall–Kier alpha value is -1.64. The Kier molecular flexibility index (Phi) is 5.16. The Morgan fingerprint density at radius 3 is 2.90 bits per heavy atom. The maximum atomic E-state index is 11.0. The quantitative estimate of drug-likeness (QED) is 0.497. The van der Waals surface area contributed by atoms with Crippen molar-refractivity contribution in [3.63, 3.8) is 0 Å². The van der Waals surface area contributed by atoms with Gasteiger partial charge in [0.2, 0.25) is 0 Å². The molecule has 0 fully saturated rings. The van der Waals surface area contributed by atoms with Gasteiger partial charge in [-0.1, -0.05) is 23.4 Å². The van der Waals surface area contributed by atoms with Gasteiger partial charge in [-0.05, 0) is 19.1 Å². The number of hydrogen-bond donors (Lipinski definition) is 1. The molecule has 7 nitrogen and oxygen atoms in total. The van der Waals surface area contributed by atoms with Crippen molar-refractivity contribution in [3.05, 3.63) is 44.7 Å². The van der Waals surface area contributed by atoms with E-state index < -0.39 is 4.92 Å². The molecule has 0 saturated heterocycles. The summed E-state index contributed by atoms with van der Waals surface area (Å²) in [6.07, 6.45) is 0. The fourth-order valence-corrected chi connectivity index (χ4v) is 3.00. The lowest BCUT2D eigenvalue weighted by Crippen LogP contribution is -2.12. The second-order valence-electron chi connectivity index (χ2n) is 4.29. The third-order valence-electron chi connectivity index (χ3n) is 2.86. The summed E-state index contributed by atoms with van der Waals surface area (Å²) in [6, 6.07) is 4.65. The summed E-state index contributed by atoms with van der Waals surface area (Å²) >= 11 is 7.18. The molecule has 0 aliphatic rings. The van der Waals surface area contributed by atoms with Gasteiger partial charge in [0.25, 0.3) is 5.69 Å². The molecule has 1 heterocycles. The fraction of sp³-hybridized carbons (Fsp3) is 0.333. The standard InChI is InChI=1S/C12H14ClN5O2S/c1-8-15-16-12(17(8)5-4-14)21-7-9-2-3-10(13)6-11(9)18(19)20/h2-3,6H,4-5,7,14H2,1H3. The maximum Gasteiger partial charge on any atom is 0.274 e. The molecule has 0 saturated carbocycles. The molecule has 0 radical (unpaired) electrons. The molecule has 0 spiro atoms. The summed E-state index contributed by atoms with van der Waals surface area (Å²) in [7, 11) is 0. The number of aryl methyl sites for hydroxylation is 1. The van der Waals surface area contributed by atoms with Gasteiger partial charge in [0, 0.05) is 35.5 Å². The van der Waals surface area contributed by atoms with Crippen LogP contribution in [0.5, 0.6) is 0 Å². The topological polar surface area (TPSA) is 99.9 Å². The number of hydrogen-bond acceptors (Lipinski definition) is 6. The van der Waals surface area contributed by atoms with Crippen molar-refractivity contribution >= 4 is 29.1 Å². The van der Waals surface area contributed by atoms with Gasteiger partial charge in [0.15, 0.2) is 5.16 Å². The summed E-state index contributed by atoms with van der Waals surface area (Å²) in [6.45, 7) is 2.94. The number of benzene rings is 1. The van der Waals surface area contributed by atoms with Gasteiger partial charge in [-0.3, -0.25) is 10.1 Å². The first kappa shape index (κ1) is 15.7. The van der Waals surface area contributed by atoms with E-state index in [9.17, 15) is 10.1 Å². The van der Waals surface area contributed by atoms with Crippen molar-refractivity contribution in [1.82, 2.24) is 14.8 Å². The van der Waals surface area contributed by atoms with Gasteiger partial charge in [0.05, 0.1) is 4.92 Å². The van der Waals surface area contributed by atoms with Crippen LogP contribution in [0.2, 0.25) is 5.02 Å². The van der Waals surface area contributed by atoms with Crippen LogP contribution in [0.25, 0.3) is 0 Å². The van der Waals surface area contributed by atoms with Crippen molar-refractivity contribution in [1.29, 1.82) is 0 Å². The molecule has 2 N–H and O–H groups in total. The molecule has 9 heteroatoms. The predicted molar refractivity (Wildman–Crippen MR) is 81.5 cm³/mol. The molecule has 2 aromatic rings. The Balaban J connectivity index is 2.19. The van der Waals surface area contributed by atoms with E-state index in [-0.39, 0.29) is 5.69 Å². The normalized spacial score (nSPS) is 10.8. The zero-order valence-electron chi connectivity index (χ0n) is 11.3. The molecule has 21 heavy (non-hydrogen) atoms. The fourth-order valence-electron chi connectivity index (χ4n) is 1.83. The van der Waals surface area contributed by atoms with Crippen molar-refractivity contribution < 1.29 is 4.92 Å². The largest absolute Gasteiger partial charge is 0.329 e. The lowest BCUT2D eigenvalue weighted by Gasteiger charge is -2.07. The van der Waals surface area contributed by atoms with E-state index in [0.717, 1.165) is 5.82 Å². The Bertz CT molecular complexity index is 661. The monoisotopic (exact) mass is 327 g/mol. The van der Waals surface area contributed by atoms with Gasteiger partial charge in [0.1, 0.15) is 5.82 Å². The van der Waals surface area contributed by atoms with Crippen LogP contribution < -0.4 is 5.73 Å². The van der Waals surface area contributed by atoms with Crippen LogP contribution in [-0.2, 0) is 12.3 Å². The van der Waals surface area contributed by atoms with E-state index in [1.165, 1.54) is 17.8 Å². The van der Waals surface area contributed by atoms with E-state index in [1.807, 2.05) is 11.5 Å². The highest BCUT2D eigenvalue weighted by molar-refractivity contribution is 7.98. The van der Waals surface area contributed by atoms with Gasteiger partial charge >= 0.3 is 0 Å². The average Bonchev–Trinajstić information content (AvgIpc) is 2.79. The number of halogens is 1. The smallest absolute Gasteiger partial charge is 0.274 e. The highest BCUT2D eigenvalue weighted by Gasteiger charge is 2.16. The summed E-state index contributed by atoms with van der Waals surface area (Å²) < 4.78 is 1.90. The van der Waals surface area contributed by atoms with Crippen molar-refractivity contribution in [2.75, 3.05) is 6.54 Å². The van der Waals surface area contributed by atoms with Crippen molar-refractivity contribution in [2.45, 2.75) is 24.4 Å². The zero-order valence-corrected chi connectivity index (χ0v) is 12.9. The summed E-state index contributed by atoms with van der Waals surface area (Å²) in [5, 5.41) is 20.2. The average molecular weight is 328 g/mol. The third kappa shape index (κ3) is 3.72. The third-order valence-corrected chi connectivity index (χ3v) is 4.11. The van der Waals surface area contributed by atoms with Crippen LogP contribution in [0.1, 0.15) is 11.4 Å². The number of aromatic nitrogens is 3. The molecule has 0 aliphatic heterocycles.